The molecule has 0 amide bonds. The molecule has 416 valence electrons. The predicted molar refractivity (Wildman–Crippen MR) is 384 cm³/mol. The highest BCUT2D eigenvalue weighted by Gasteiger charge is 2.53. The van der Waals surface area contributed by atoms with Crippen LogP contribution in [0.25, 0.3) is 0 Å². The van der Waals surface area contributed by atoms with Crippen molar-refractivity contribution in [3.63, 3.8) is 0 Å². The topological polar surface area (TPSA) is 0 Å². The summed E-state index contributed by atoms with van der Waals surface area (Å²) in [4.78, 5) is 26.5. The number of hydrogen-bond donors (Lipinski definition) is 0. The Labute approximate surface area is 557 Å². The van der Waals surface area contributed by atoms with E-state index in [-0.39, 0.29) is 0 Å². The molecule has 0 aromatic carbocycles. The molecule has 0 aliphatic carbocycles. The minimum Gasteiger partial charge on any atom is -0.147 e. The lowest BCUT2D eigenvalue weighted by atomic mass is 9.79. The van der Waals surface area contributed by atoms with Gasteiger partial charge in [0.25, 0.3) is 0 Å². The van der Waals surface area contributed by atoms with E-state index < -0.39 is 27.1 Å². The smallest absolute Gasteiger partial charge is 0.107 e. The zero-order chi connectivity index (χ0) is 56.5. The molecular formula is C69H44S16. The van der Waals surface area contributed by atoms with Gasteiger partial charge in [-0.05, 0) is 186 Å². The zero-order valence-corrected chi connectivity index (χ0v) is 57.5. The molecule has 16 aromatic heterocycles. The SMILES string of the molecule is c1csc(C(c2cccs2)(c2cccs2)c2ccc(C(c3ccc(C(c4cccs4)(c4cccs4)c4cccs4)s3)(c3ccc(C(c4cccs4)(c4cccs4)c4cccs4)s3)c3ccc(C(c4cccs4)(c4cccs4)c4cccs4)s3)s2)c1. The molecule has 0 saturated heterocycles. The van der Waals surface area contributed by atoms with Crippen molar-refractivity contribution in [2.45, 2.75) is 27.1 Å². The Balaban J connectivity index is 1.04. The average molecular weight is 1390 g/mol. The predicted octanol–water partition coefficient (Wildman–Crippen LogP) is 24.6. The van der Waals surface area contributed by atoms with E-state index in [0.717, 1.165) is 0 Å². The molecule has 0 nitrogen and oxygen atoms in total. The van der Waals surface area contributed by atoms with Crippen molar-refractivity contribution < 1.29 is 0 Å². The molecular weight excluding hydrogens is 1340 g/mol. The van der Waals surface area contributed by atoms with Crippen molar-refractivity contribution in [1.82, 2.24) is 0 Å². The first kappa shape index (κ1) is 55.5. The Hall–Kier alpha value is -4.80. The lowest BCUT2D eigenvalue weighted by molar-refractivity contribution is 0.819. The first-order valence-corrected chi connectivity index (χ1v) is 40.8. The van der Waals surface area contributed by atoms with Gasteiger partial charge in [0.15, 0.2) is 0 Å². The molecule has 0 unspecified atom stereocenters. The van der Waals surface area contributed by atoms with Crippen molar-refractivity contribution in [2.75, 3.05) is 0 Å². The van der Waals surface area contributed by atoms with Crippen LogP contribution < -0.4 is 0 Å². The summed E-state index contributed by atoms with van der Waals surface area (Å²) in [6.45, 7) is 0. The van der Waals surface area contributed by atoms with Gasteiger partial charge in [0.2, 0.25) is 0 Å². The largest absolute Gasteiger partial charge is 0.147 e. The van der Waals surface area contributed by atoms with Gasteiger partial charge in [-0.25, -0.2) is 0 Å². The van der Waals surface area contributed by atoms with E-state index in [4.69, 9.17) is 0 Å². The van der Waals surface area contributed by atoms with Crippen LogP contribution >= 0.6 is 181 Å². The van der Waals surface area contributed by atoms with Crippen LogP contribution in [-0.4, -0.2) is 0 Å². The fourth-order valence-electron chi connectivity index (χ4n) is 12.5. The third-order valence-electron chi connectivity index (χ3n) is 16.1. The number of hydrogen-bond acceptors (Lipinski definition) is 16. The Kier molecular flexibility index (Phi) is 15.0. The summed E-state index contributed by atoms with van der Waals surface area (Å²) >= 11 is 30.5. The minimum atomic E-state index is -0.798. The summed E-state index contributed by atoms with van der Waals surface area (Å²) in [5.41, 5.74) is -2.86. The molecule has 0 bridgehead atoms. The number of thiophene rings is 16. The second-order valence-electron chi connectivity index (χ2n) is 20.1. The molecule has 0 atom stereocenters. The van der Waals surface area contributed by atoms with E-state index in [1.807, 2.05) is 181 Å². The van der Waals surface area contributed by atoms with Crippen LogP contribution in [0.5, 0.6) is 0 Å². The quantitative estimate of drug-likeness (QED) is 0.0713. The molecule has 0 aliphatic heterocycles. The third-order valence-corrected chi connectivity index (χ3v) is 33.2. The lowest BCUT2D eigenvalue weighted by Gasteiger charge is -2.34. The zero-order valence-electron chi connectivity index (χ0n) is 44.4. The second-order valence-corrected chi connectivity index (χ2v) is 35.8. The Morgan fingerprint density at radius 2 is 0.235 bits per heavy atom. The molecule has 16 heterocycles. The van der Waals surface area contributed by atoms with E-state index in [2.05, 4.69) is 259 Å². The van der Waals surface area contributed by atoms with Crippen LogP contribution in [0.2, 0.25) is 0 Å². The van der Waals surface area contributed by atoms with Gasteiger partial charge in [-0.2, -0.15) is 0 Å². The van der Waals surface area contributed by atoms with Crippen molar-refractivity contribution in [3.05, 3.63) is 356 Å². The van der Waals surface area contributed by atoms with Gasteiger partial charge < -0.3 is 0 Å². The van der Waals surface area contributed by atoms with Gasteiger partial charge in [-0.15, -0.1) is 181 Å². The standard InChI is InChI=1S/C69H44S16/c1-13-45(70-33-1)65(46-14-2-34-71-46,47-15-3-35-72-47)57-25-29-61(82-57)69(62-30-26-58(83-62)66(48-16-4-36-73-48,49-17-5-37-74-49)50-18-6-38-75-50,63-31-27-59(84-63)67(51-19-7-39-76-51,52-20-8-40-77-52)53-21-9-41-78-53)64-32-28-60(85-64)68(54-22-10-42-79-54,55-23-11-43-80-55)56-24-12-44-81-56/h1-44H. The molecule has 0 radical (unpaired) electrons. The Morgan fingerprint density at radius 1 is 0.129 bits per heavy atom. The van der Waals surface area contributed by atoms with E-state index >= 15 is 0 Å². The van der Waals surface area contributed by atoms with E-state index in [9.17, 15) is 0 Å². The van der Waals surface area contributed by atoms with Crippen molar-refractivity contribution in [1.29, 1.82) is 0 Å². The lowest BCUT2D eigenvalue weighted by Crippen LogP contribution is -2.29. The number of rotatable bonds is 20. The van der Waals surface area contributed by atoms with E-state index in [1.165, 1.54) is 97.5 Å². The maximum atomic E-state index is 2.54. The van der Waals surface area contributed by atoms with Crippen molar-refractivity contribution in [3.8, 4) is 0 Å². The van der Waals surface area contributed by atoms with Crippen LogP contribution in [0.3, 0.4) is 0 Å². The molecule has 85 heavy (non-hydrogen) atoms. The minimum absolute atomic E-state index is 0.515. The molecule has 0 fully saturated rings. The first-order valence-electron chi connectivity index (χ1n) is 27.0. The van der Waals surface area contributed by atoms with Gasteiger partial charge in [-0.3, -0.25) is 0 Å². The summed E-state index contributed by atoms with van der Waals surface area (Å²) in [6, 6.07) is 75.6. The molecule has 0 saturated carbocycles. The van der Waals surface area contributed by atoms with Crippen LogP contribution in [0.1, 0.15) is 97.5 Å². The monoisotopic (exact) mass is 1380 g/mol. The molecule has 16 aromatic rings. The van der Waals surface area contributed by atoms with Crippen molar-refractivity contribution in [2.24, 2.45) is 0 Å². The normalized spacial score (nSPS) is 12.7. The van der Waals surface area contributed by atoms with Gasteiger partial charge >= 0.3 is 0 Å². The molecule has 16 heteroatoms. The van der Waals surface area contributed by atoms with E-state index in [1.54, 1.807) is 0 Å². The highest BCUT2D eigenvalue weighted by atomic mass is 32.2. The first-order chi connectivity index (χ1) is 42.1. The maximum absolute atomic E-state index is 2.54. The van der Waals surface area contributed by atoms with Gasteiger partial charge in [0.1, 0.15) is 27.1 Å². The van der Waals surface area contributed by atoms with Gasteiger partial charge in [0.05, 0.1) is 0 Å². The average Bonchev–Trinajstić information content (AvgIpc) is 2.08. The molecule has 0 aliphatic rings. The van der Waals surface area contributed by atoms with Crippen LogP contribution in [0, 0.1) is 0 Å². The highest BCUT2D eigenvalue weighted by molar-refractivity contribution is 7.21. The summed E-state index contributed by atoms with van der Waals surface area (Å²) in [5, 5.41) is 27.2. The Morgan fingerprint density at radius 3 is 0.329 bits per heavy atom. The molecule has 0 N–H and O–H groups in total. The second kappa shape index (κ2) is 23.0. The van der Waals surface area contributed by atoms with Crippen molar-refractivity contribution >= 4 is 181 Å². The fourth-order valence-corrected chi connectivity index (χ4v) is 32.0. The van der Waals surface area contributed by atoms with Crippen LogP contribution in [0.4, 0.5) is 0 Å². The molecule has 0 spiro atoms. The summed E-state index contributed by atoms with van der Waals surface area (Å²) in [5.74, 6) is 0. The fraction of sp³-hybridized carbons (Fsp3) is 0.0725. The Bertz CT molecular complexity index is 3680. The highest BCUT2D eigenvalue weighted by Crippen LogP contribution is 2.63. The molecule has 16 rings (SSSR count). The van der Waals surface area contributed by atoms with Gasteiger partial charge in [0, 0.05) is 97.5 Å². The summed E-state index contributed by atoms with van der Waals surface area (Å²) in [6.07, 6.45) is 0. The van der Waals surface area contributed by atoms with E-state index in [0.29, 0.717) is 0 Å². The summed E-state index contributed by atoms with van der Waals surface area (Å²) < 4.78 is 0. The third kappa shape index (κ3) is 8.53. The van der Waals surface area contributed by atoms with Gasteiger partial charge in [-0.1, -0.05) is 72.8 Å². The van der Waals surface area contributed by atoms with Crippen LogP contribution in [-0.2, 0) is 27.1 Å². The maximum Gasteiger partial charge on any atom is 0.107 e. The summed E-state index contributed by atoms with van der Waals surface area (Å²) in [7, 11) is 0. The van der Waals surface area contributed by atoms with Crippen LogP contribution in [0.15, 0.2) is 259 Å².